The van der Waals surface area contributed by atoms with E-state index in [2.05, 4.69) is 4.98 Å². The fraction of sp³-hybridized carbons (Fsp3) is 0.214. The molecule has 0 N–H and O–H groups in total. The van der Waals surface area contributed by atoms with Gasteiger partial charge in [0.05, 0.1) is 6.61 Å². The Morgan fingerprint density at radius 2 is 2.18 bits per heavy atom. The maximum Gasteiger partial charge on any atom is 0.126 e. The predicted molar refractivity (Wildman–Crippen MR) is 64.6 cm³/mol. The first-order chi connectivity index (χ1) is 8.25. The van der Waals surface area contributed by atoms with Gasteiger partial charge in [0.25, 0.3) is 0 Å². The fourth-order valence-electron chi connectivity index (χ4n) is 1.55. The van der Waals surface area contributed by atoms with Gasteiger partial charge in [0, 0.05) is 24.9 Å². The zero-order chi connectivity index (χ0) is 12.1. The summed E-state index contributed by atoms with van der Waals surface area (Å²) < 4.78 is 18.6. The van der Waals surface area contributed by atoms with Crippen molar-refractivity contribution >= 4 is 0 Å². The van der Waals surface area contributed by atoms with Gasteiger partial charge in [-0.15, -0.1) is 0 Å². The molecule has 2 aromatic rings. The molecule has 0 aliphatic rings. The number of aryl methyl sites for hydroxylation is 1. The number of rotatable bonds is 4. The fourth-order valence-corrected chi connectivity index (χ4v) is 1.55. The molecule has 0 spiro atoms. The van der Waals surface area contributed by atoms with Gasteiger partial charge in [-0.2, -0.15) is 0 Å². The van der Waals surface area contributed by atoms with E-state index < -0.39 is 0 Å². The van der Waals surface area contributed by atoms with E-state index in [0.29, 0.717) is 12.4 Å². The Hall–Kier alpha value is -1.90. The van der Waals surface area contributed by atoms with Crippen LogP contribution in [0, 0.1) is 12.7 Å². The zero-order valence-electron chi connectivity index (χ0n) is 9.69. The molecule has 17 heavy (non-hydrogen) atoms. The summed E-state index contributed by atoms with van der Waals surface area (Å²) in [5.74, 6) is 0.334. The summed E-state index contributed by atoms with van der Waals surface area (Å²) in [6, 6.07) is 8.45. The summed E-state index contributed by atoms with van der Waals surface area (Å²) in [5, 5.41) is 0. The minimum Gasteiger partial charge on any atom is -0.493 e. The van der Waals surface area contributed by atoms with E-state index in [-0.39, 0.29) is 5.82 Å². The van der Waals surface area contributed by atoms with Crippen LogP contribution in [0.5, 0.6) is 5.75 Å². The summed E-state index contributed by atoms with van der Waals surface area (Å²) in [5.41, 5.74) is 2.05. The average Bonchev–Trinajstić information content (AvgIpc) is 2.35. The van der Waals surface area contributed by atoms with Crippen LogP contribution in [-0.4, -0.2) is 11.6 Å². The molecule has 0 amide bonds. The molecule has 0 atom stereocenters. The smallest absolute Gasteiger partial charge is 0.126 e. The van der Waals surface area contributed by atoms with Crippen molar-refractivity contribution in [3.63, 3.8) is 0 Å². The highest BCUT2D eigenvalue weighted by molar-refractivity contribution is 5.32. The standard InChI is InChI=1S/C14H14FNO/c1-11-4-5-13(15)9-14(11)17-8-6-12-3-2-7-16-10-12/h2-5,7,9-10H,6,8H2,1H3. The lowest BCUT2D eigenvalue weighted by atomic mass is 10.2. The van der Waals surface area contributed by atoms with E-state index in [1.54, 1.807) is 12.3 Å². The first-order valence-corrected chi connectivity index (χ1v) is 5.53. The molecule has 0 radical (unpaired) electrons. The van der Waals surface area contributed by atoms with Gasteiger partial charge in [-0.25, -0.2) is 4.39 Å². The molecule has 0 unspecified atom stereocenters. The van der Waals surface area contributed by atoms with E-state index in [1.807, 2.05) is 25.3 Å². The van der Waals surface area contributed by atoms with Gasteiger partial charge in [-0.3, -0.25) is 4.98 Å². The van der Waals surface area contributed by atoms with Gasteiger partial charge in [-0.05, 0) is 30.2 Å². The van der Waals surface area contributed by atoms with Crippen molar-refractivity contribution in [1.82, 2.24) is 4.98 Å². The Balaban J connectivity index is 1.92. The first-order valence-electron chi connectivity index (χ1n) is 5.53. The van der Waals surface area contributed by atoms with Gasteiger partial charge >= 0.3 is 0 Å². The number of aromatic nitrogens is 1. The molecule has 0 aliphatic carbocycles. The van der Waals surface area contributed by atoms with Crippen LogP contribution in [0.4, 0.5) is 4.39 Å². The SMILES string of the molecule is Cc1ccc(F)cc1OCCc1cccnc1. The molecule has 88 valence electrons. The predicted octanol–water partition coefficient (Wildman–Crippen LogP) is 3.15. The lowest BCUT2D eigenvalue weighted by Gasteiger charge is -2.08. The molecule has 1 aromatic carbocycles. The largest absolute Gasteiger partial charge is 0.493 e. The van der Waals surface area contributed by atoms with Crippen LogP contribution in [0.15, 0.2) is 42.7 Å². The van der Waals surface area contributed by atoms with Crippen LogP contribution in [0.3, 0.4) is 0 Å². The van der Waals surface area contributed by atoms with Crippen molar-refractivity contribution in [2.45, 2.75) is 13.3 Å². The van der Waals surface area contributed by atoms with Gasteiger partial charge in [0.15, 0.2) is 0 Å². The molecule has 2 nitrogen and oxygen atoms in total. The van der Waals surface area contributed by atoms with E-state index in [1.165, 1.54) is 12.1 Å². The molecule has 3 heteroatoms. The topological polar surface area (TPSA) is 22.1 Å². The Morgan fingerprint density at radius 3 is 2.94 bits per heavy atom. The Labute approximate surface area is 100 Å². The molecule has 0 aliphatic heterocycles. The third kappa shape index (κ3) is 3.28. The van der Waals surface area contributed by atoms with Crippen LogP contribution in [0.1, 0.15) is 11.1 Å². The zero-order valence-corrected chi connectivity index (χ0v) is 9.69. The molecule has 0 saturated heterocycles. The highest BCUT2D eigenvalue weighted by Crippen LogP contribution is 2.18. The van der Waals surface area contributed by atoms with Gasteiger partial charge < -0.3 is 4.74 Å². The third-order valence-corrected chi connectivity index (χ3v) is 2.52. The number of hydrogen-bond donors (Lipinski definition) is 0. The summed E-state index contributed by atoms with van der Waals surface area (Å²) in [4.78, 5) is 4.03. The minimum atomic E-state index is -0.271. The maximum absolute atomic E-state index is 13.0. The maximum atomic E-state index is 13.0. The van der Waals surface area contributed by atoms with Gasteiger partial charge in [0.2, 0.25) is 0 Å². The van der Waals surface area contributed by atoms with E-state index in [0.717, 1.165) is 17.5 Å². The van der Waals surface area contributed by atoms with E-state index >= 15 is 0 Å². The number of ether oxygens (including phenoxy) is 1. The van der Waals surface area contributed by atoms with Crippen LogP contribution in [-0.2, 0) is 6.42 Å². The summed E-state index contributed by atoms with van der Waals surface area (Å²) in [7, 11) is 0. The van der Waals surface area contributed by atoms with Crippen molar-refractivity contribution in [3.8, 4) is 5.75 Å². The van der Waals surface area contributed by atoms with Crippen molar-refractivity contribution in [3.05, 3.63) is 59.7 Å². The number of halogens is 1. The normalized spacial score (nSPS) is 10.2. The van der Waals surface area contributed by atoms with Crippen LogP contribution in [0.25, 0.3) is 0 Å². The molecule has 0 bridgehead atoms. The average molecular weight is 231 g/mol. The molecule has 2 rings (SSSR count). The molecule has 0 fully saturated rings. The monoisotopic (exact) mass is 231 g/mol. The van der Waals surface area contributed by atoms with Crippen LogP contribution in [0.2, 0.25) is 0 Å². The molecular weight excluding hydrogens is 217 g/mol. The second-order valence-corrected chi connectivity index (χ2v) is 3.87. The molecule has 1 heterocycles. The summed E-state index contributed by atoms with van der Waals surface area (Å²) in [6.45, 7) is 2.43. The minimum absolute atomic E-state index is 0.271. The first kappa shape index (κ1) is 11.6. The second-order valence-electron chi connectivity index (χ2n) is 3.87. The summed E-state index contributed by atoms with van der Waals surface area (Å²) in [6.07, 6.45) is 4.31. The lowest BCUT2D eigenvalue weighted by Crippen LogP contribution is -2.02. The van der Waals surface area contributed by atoms with Crippen molar-refractivity contribution < 1.29 is 9.13 Å². The number of nitrogens with zero attached hydrogens (tertiary/aromatic N) is 1. The second kappa shape index (κ2) is 5.43. The van der Waals surface area contributed by atoms with Crippen LogP contribution >= 0.6 is 0 Å². The van der Waals surface area contributed by atoms with Crippen LogP contribution < -0.4 is 4.74 Å². The third-order valence-electron chi connectivity index (χ3n) is 2.52. The van der Waals surface area contributed by atoms with Gasteiger partial charge in [0.1, 0.15) is 11.6 Å². The molecular formula is C14H14FNO. The highest BCUT2D eigenvalue weighted by atomic mass is 19.1. The number of hydrogen-bond acceptors (Lipinski definition) is 2. The Kier molecular flexibility index (Phi) is 3.70. The van der Waals surface area contributed by atoms with E-state index in [9.17, 15) is 4.39 Å². The summed E-state index contributed by atoms with van der Waals surface area (Å²) >= 11 is 0. The Morgan fingerprint density at radius 1 is 1.29 bits per heavy atom. The van der Waals surface area contributed by atoms with E-state index in [4.69, 9.17) is 4.74 Å². The molecule has 0 saturated carbocycles. The lowest BCUT2D eigenvalue weighted by molar-refractivity contribution is 0.318. The highest BCUT2D eigenvalue weighted by Gasteiger charge is 2.01. The quantitative estimate of drug-likeness (QED) is 0.806. The number of benzene rings is 1. The van der Waals surface area contributed by atoms with Crippen molar-refractivity contribution in [1.29, 1.82) is 0 Å². The number of pyridine rings is 1. The Bertz CT molecular complexity index is 485. The van der Waals surface area contributed by atoms with Crippen molar-refractivity contribution in [2.24, 2.45) is 0 Å². The van der Waals surface area contributed by atoms with Crippen molar-refractivity contribution in [2.75, 3.05) is 6.61 Å². The molecule has 1 aromatic heterocycles. The van der Waals surface area contributed by atoms with Gasteiger partial charge in [-0.1, -0.05) is 12.1 Å².